The number of benzene rings is 1. The first kappa shape index (κ1) is 14.7. The number of hydrogen-bond acceptors (Lipinski definition) is 3. The number of amides is 1. The molecule has 0 bridgehead atoms. The minimum atomic E-state index is -2.79. The quantitative estimate of drug-likeness (QED) is 0.928. The molecule has 0 unspecified atom stereocenters. The van der Waals surface area contributed by atoms with Gasteiger partial charge in [0.25, 0.3) is 6.43 Å². The molecule has 0 aromatic heterocycles. The SMILES string of the molecule is O=C(OCc1ccccc1)N1CCC(O)(C(F)F)CC1. The molecule has 6 heteroatoms. The minimum absolute atomic E-state index is 0.0778. The van der Waals surface area contributed by atoms with Gasteiger partial charge in [-0.2, -0.15) is 0 Å². The van der Waals surface area contributed by atoms with E-state index in [4.69, 9.17) is 4.74 Å². The van der Waals surface area contributed by atoms with Crippen LogP contribution >= 0.6 is 0 Å². The van der Waals surface area contributed by atoms with E-state index in [1.54, 1.807) is 0 Å². The highest BCUT2D eigenvalue weighted by Gasteiger charge is 2.41. The van der Waals surface area contributed by atoms with E-state index in [9.17, 15) is 18.7 Å². The maximum atomic E-state index is 12.6. The summed E-state index contributed by atoms with van der Waals surface area (Å²) in [6.07, 6.45) is -3.59. The van der Waals surface area contributed by atoms with Crippen LogP contribution in [0.2, 0.25) is 0 Å². The lowest BCUT2D eigenvalue weighted by atomic mass is 9.92. The predicted molar refractivity (Wildman–Crippen MR) is 68.4 cm³/mol. The van der Waals surface area contributed by atoms with Gasteiger partial charge in [-0.05, 0) is 18.4 Å². The van der Waals surface area contributed by atoms with Crippen molar-refractivity contribution in [2.75, 3.05) is 13.1 Å². The van der Waals surface area contributed by atoms with Gasteiger partial charge in [0.2, 0.25) is 0 Å². The highest BCUT2D eigenvalue weighted by Crippen LogP contribution is 2.28. The standard InChI is InChI=1S/C14H17F2NO3/c15-12(16)14(19)6-8-17(9-7-14)13(18)20-10-11-4-2-1-3-5-11/h1-5,12,19H,6-10H2. The van der Waals surface area contributed by atoms with E-state index in [2.05, 4.69) is 0 Å². The van der Waals surface area contributed by atoms with Gasteiger partial charge >= 0.3 is 6.09 Å². The van der Waals surface area contributed by atoms with Gasteiger partial charge in [-0.1, -0.05) is 30.3 Å². The molecule has 0 atom stereocenters. The Bertz CT molecular complexity index is 445. The van der Waals surface area contributed by atoms with Crippen LogP contribution in [0.15, 0.2) is 30.3 Å². The first-order chi connectivity index (χ1) is 9.51. The van der Waals surface area contributed by atoms with Gasteiger partial charge in [0.1, 0.15) is 12.2 Å². The third-order valence-corrected chi connectivity index (χ3v) is 3.50. The molecule has 0 aliphatic carbocycles. The first-order valence-electron chi connectivity index (χ1n) is 6.47. The third kappa shape index (κ3) is 3.45. The average Bonchev–Trinajstić information content (AvgIpc) is 2.46. The van der Waals surface area contributed by atoms with Crippen LogP contribution in [0.25, 0.3) is 0 Å². The van der Waals surface area contributed by atoms with Crippen LogP contribution in [0.5, 0.6) is 0 Å². The highest BCUT2D eigenvalue weighted by atomic mass is 19.3. The first-order valence-corrected chi connectivity index (χ1v) is 6.47. The summed E-state index contributed by atoms with van der Waals surface area (Å²) < 4.78 is 30.3. The zero-order valence-electron chi connectivity index (χ0n) is 11.0. The summed E-state index contributed by atoms with van der Waals surface area (Å²) in [5.74, 6) is 0. The van der Waals surface area contributed by atoms with Crippen LogP contribution < -0.4 is 0 Å². The van der Waals surface area contributed by atoms with E-state index in [0.29, 0.717) is 0 Å². The van der Waals surface area contributed by atoms with E-state index in [0.717, 1.165) is 5.56 Å². The smallest absolute Gasteiger partial charge is 0.410 e. The summed E-state index contributed by atoms with van der Waals surface area (Å²) in [7, 11) is 0. The highest BCUT2D eigenvalue weighted by molar-refractivity contribution is 5.67. The molecule has 1 saturated heterocycles. The number of hydrogen-bond donors (Lipinski definition) is 1. The summed E-state index contributed by atoms with van der Waals surface area (Å²) in [5, 5.41) is 9.63. The fourth-order valence-corrected chi connectivity index (χ4v) is 2.11. The van der Waals surface area contributed by atoms with Crippen molar-refractivity contribution >= 4 is 6.09 Å². The van der Waals surface area contributed by atoms with Gasteiger partial charge < -0.3 is 14.7 Å². The maximum Gasteiger partial charge on any atom is 0.410 e. The van der Waals surface area contributed by atoms with E-state index >= 15 is 0 Å². The van der Waals surface area contributed by atoms with Crippen molar-refractivity contribution in [2.45, 2.75) is 31.5 Å². The summed E-state index contributed by atoms with van der Waals surface area (Å²) in [6.45, 7) is 0.304. The number of halogens is 2. The molecule has 0 spiro atoms. The fraction of sp³-hybridized carbons (Fsp3) is 0.500. The topological polar surface area (TPSA) is 49.8 Å². The van der Waals surface area contributed by atoms with Crippen molar-refractivity contribution in [1.29, 1.82) is 0 Å². The Morgan fingerprint density at radius 1 is 1.30 bits per heavy atom. The van der Waals surface area contributed by atoms with Crippen molar-refractivity contribution in [3.8, 4) is 0 Å². The Morgan fingerprint density at radius 3 is 2.45 bits per heavy atom. The van der Waals surface area contributed by atoms with Crippen LogP contribution in [0, 0.1) is 0 Å². The second-order valence-electron chi connectivity index (χ2n) is 4.93. The zero-order chi connectivity index (χ0) is 14.6. The number of likely N-dealkylation sites (tertiary alicyclic amines) is 1. The molecular formula is C14H17F2NO3. The molecule has 1 fully saturated rings. The molecule has 1 aliphatic heterocycles. The second kappa shape index (κ2) is 6.17. The molecule has 4 nitrogen and oxygen atoms in total. The number of ether oxygens (including phenoxy) is 1. The third-order valence-electron chi connectivity index (χ3n) is 3.50. The van der Waals surface area contributed by atoms with Gasteiger partial charge in [0.05, 0.1) is 0 Å². The van der Waals surface area contributed by atoms with Gasteiger partial charge in [0.15, 0.2) is 0 Å². The fourth-order valence-electron chi connectivity index (χ4n) is 2.11. The number of rotatable bonds is 3. The molecule has 0 saturated carbocycles. The number of aliphatic hydroxyl groups is 1. The summed E-state index contributed by atoms with van der Waals surface area (Å²) in [4.78, 5) is 13.1. The number of nitrogens with zero attached hydrogens (tertiary/aromatic N) is 1. The van der Waals surface area contributed by atoms with Gasteiger partial charge in [0, 0.05) is 13.1 Å². The number of carbonyl (C=O) groups is 1. The largest absolute Gasteiger partial charge is 0.445 e. The molecule has 2 rings (SSSR count). The lowest BCUT2D eigenvalue weighted by molar-refractivity contribution is -0.124. The number of carbonyl (C=O) groups excluding carboxylic acids is 1. The van der Waals surface area contributed by atoms with Crippen molar-refractivity contribution in [3.05, 3.63) is 35.9 Å². The monoisotopic (exact) mass is 285 g/mol. The number of alkyl halides is 2. The lowest BCUT2D eigenvalue weighted by Gasteiger charge is -2.36. The molecule has 20 heavy (non-hydrogen) atoms. The van der Waals surface area contributed by atoms with E-state index in [1.807, 2.05) is 30.3 Å². The van der Waals surface area contributed by atoms with Crippen molar-refractivity contribution in [3.63, 3.8) is 0 Å². The number of piperidine rings is 1. The molecule has 1 aliphatic rings. The molecule has 1 heterocycles. The van der Waals surface area contributed by atoms with Gasteiger partial charge in [-0.25, -0.2) is 13.6 Å². The Kier molecular flexibility index (Phi) is 4.54. The van der Waals surface area contributed by atoms with Crippen LogP contribution in [-0.4, -0.2) is 41.2 Å². The Balaban J connectivity index is 1.80. The second-order valence-corrected chi connectivity index (χ2v) is 4.93. The van der Waals surface area contributed by atoms with Crippen LogP contribution in [-0.2, 0) is 11.3 Å². The summed E-state index contributed by atoms with van der Waals surface area (Å²) >= 11 is 0. The maximum absolute atomic E-state index is 12.6. The van der Waals surface area contributed by atoms with Crippen LogP contribution in [0.1, 0.15) is 18.4 Å². The molecule has 1 amide bonds. The van der Waals surface area contributed by atoms with E-state index < -0.39 is 18.1 Å². The molecule has 1 aromatic carbocycles. The molecule has 110 valence electrons. The lowest BCUT2D eigenvalue weighted by Crippen LogP contribution is -2.50. The minimum Gasteiger partial charge on any atom is -0.445 e. The molecular weight excluding hydrogens is 268 g/mol. The molecule has 1 aromatic rings. The Morgan fingerprint density at radius 2 is 1.90 bits per heavy atom. The van der Waals surface area contributed by atoms with Crippen molar-refractivity contribution in [1.82, 2.24) is 4.90 Å². The Labute approximate surface area is 116 Å². The molecule has 0 radical (unpaired) electrons. The van der Waals surface area contributed by atoms with Crippen LogP contribution in [0.4, 0.5) is 13.6 Å². The van der Waals surface area contributed by atoms with E-state index in [-0.39, 0.29) is 32.5 Å². The summed E-state index contributed by atoms with van der Waals surface area (Å²) in [5.41, 5.74) is -1.11. The van der Waals surface area contributed by atoms with Crippen molar-refractivity contribution in [2.24, 2.45) is 0 Å². The van der Waals surface area contributed by atoms with Crippen LogP contribution in [0.3, 0.4) is 0 Å². The van der Waals surface area contributed by atoms with Crippen molar-refractivity contribution < 1.29 is 23.4 Å². The zero-order valence-corrected chi connectivity index (χ0v) is 11.0. The van der Waals surface area contributed by atoms with E-state index in [1.165, 1.54) is 4.90 Å². The van der Waals surface area contributed by atoms with Gasteiger partial charge in [-0.15, -0.1) is 0 Å². The molecule has 1 N–H and O–H groups in total. The average molecular weight is 285 g/mol. The normalized spacial score (nSPS) is 18.1. The Hall–Kier alpha value is -1.69. The van der Waals surface area contributed by atoms with Gasteiger partial charge in [-0.3, -0.25) is 0 Å². The summed E-state index contributed by atoms with van der Waals surface area (Å²) in [6, 6.07) is 9.21. The predicted octanol–water partition coefficient (Wildman–Crippen LogP) is 2.42.